The molecule has 1 amide bonds. The topological polar surface area (TPSA) is 81.4 Å². The van der Waals surface area contributed by atoms with Crippen molar-refractivity contribution in [2.24, 2.45) is 0 Å². The predicted molar refractivity (Wildman–Crippen MR) is 93.3 cm³/mol. The van der Waals surface area contributed by atoms with Gasteiger partial charge in [0.05, 0.1) is 10.9 Å². The van der Waals surface area contributed by atoms with Crippen molar-refractivity contribution in [2.75, 3.05) is 11.9 Å². The Morgan fingerprint density at radius 2 is 2.04 bits per heavy atom. The molecule has 1 atom stereocenters. The van der Waals surface area contributed by atoms with Gasteiger partial charge in [0.1, 0.15) is 6.10 Å². The number of nitrogens with zero attached hydrogens (tertiary/aromatic N) is 1. The number of rotatable bonds is 3. The molecule has 1 aromatic heterocycles. The van der Waals surface area contributed by atoms with Crippen LogP contribution in [0.5, 0.6) is 0 Å². The Morgan fingerprint density at radius 3 is 2.88 bits per heavy atom. The van der Waals surface area contributed by atoms with Gasteiger partial charge >= 0.3 is 5.63 Å². The molecule has 0 radical (unpaired) electrons. The van der Waals surface area contributed by atoms with Gasteiger partial charge in [0, 0.05) is 17.9 Å². The van der Waals surface area contributed by atoms with Gasteiger partial charge in [-0.05, 0) is 43.2 Å². The minimum Gasteiger partial charge on any atom is -0.403 e. The van der Waals surface area contributed by atoms with Crippen molar-refractivity contribution in [2.45, 2.75) is 18.9 Å². The van der Waals surface area contributed by atoms with Crippen LogP contribution in [0.15, 0.2) is 57.7 Å². The summed E-state index contributed by atoms with van der Waals surface area (Å²) < 4.78 is 10.7. The SMILES string of the molecule is O=C(Nc1cccc(-c2nc3ccccc3c(=O)o2)c1)[C@H]1CCCO1. The summed E-state index contributed by atoms with van der Waals surface area (Å²) in [5, 5.41) is 3.27. The average molecular weight is 336 g/mol. The van der Waals surface area contributed by atoms with Gasteiger partial charge in [0.2, 0.25) is 5.89 Å². The fourth-order valence-corrected chi connectivity index (χ4v) is 2.88. The van der Waals surface area contributed by atoms with E-state index < -0.39 is 11.7 Å². The lowest BCUT2D eigenvalue weighted by Gasteiger charge is -2.11. The maximum atomic E-state index is 12.2. The summed E-state index contributed by atoms with van der Waals surface area (Å²) in [7, 11) is 0. The van der Waals surface area contributed by atoms with Gasteiger partial charge in [0.15, 0.2) is 0 Å². The Balaban J connectivity index is 1.65. The van der Waals surface area contributed by atoms with Crippen LogP contribution in [0.2, 0.25) is 0 Å². The van der Waals surface area contributed by atoms with Gasteiger partial charge in [-0.2, -0.15) is 0 Å². The number of para-hydroxylation sites is 1. The summed E-state index contributed by atoms with van der Waals surface area (Å²) in [5.74, 6) is 0.0551. The zero-order valence-corrected chi connectivity index (χ0v) is 13.4. The van der Waals surface area contributed by atoms with Crippen LogP contribution in [0.1, 0.15) is 12.8 Å². The fourth-order valence-electron chi connectivity index (χ4n) is 2.88. The number of aromatic nitrogens is 1. The van der Waals surface area contributed by atoms with E-state index in [1.165, 1.54) is 0 Å². The second kappa shape index (κ2) is 6.49. The van der Waals surface area contributed by atoms with Crippen molar-refractivity contribution in [3.8, 4) is 11.5 Å². The van der Waals surface area contributed by atoms with Gasteiger partial charge in [-0.25, -0.2) is 9.78 Å². The second-order valence-corrected chi connectivity index (χ2v) is 5.90. The van der Waals surface area contributed by atoms with Crippen LogP contribution < -0.4 is 10.9 Å². The number of fused-ring (bicyclic) bond motifs is 1. The van der Waals surface area contributed by atoms with E-state index in [-0.39, 0.29) is 11.8 Å². The number of ether oxygens (including phenoxy) is 1. The minimum atomic E-state index is -0.436. The average Bonchev–Trinajstić information content (AvgIpc) is 3.17. The summed E-state index contributed by atoms with van der Waals surface area (Å²) in [6, 6.07) is 14.1. The number of amides is 1. The smallest absolute Gasteiger partial charge is 0.347 e. The number of carbonyl (C=O) groups is 1. The molecule has 1 N–H and O–H groups in total. The molecular formula is C19H16N2O4. The molecule has 0 bridgehead atoms. The van der Waals surface area contributed by atoms with Crippen molar-refractivity contribution in [3.63, 3.8) is 0 Å². The molecule has 4 rings (SSSR count). The van der Waals surface area contributed by atoms with Crippen LogP contribution in [0, 0.1) is 0 Å². The van der Waals surface area contributed by atoms with Gasteiger partial charge < -0.3 is 14.5 Å². The largest absolute Gasteiger partial charge is 0.403 e. The zero-order valence-electron chi connectivity index (χ0n) is 13.4. The molecule has 6 heteroatoms. The number of anilines is 1. The lowest BCUT2D eigenvalue weighted by Crippen LogP contribution is -2.26. The quantitative estimate of drug-likeness (QED) is 0.795. The molecule has 126 valence electrons. The van der Waals surface area contributed by atoms with Gasteiger partial charge in [-0.15, -0.1) is 0 Å². The molecule has 6 nitrogen and oxygen atoms in total. The number of hydrogen-bond donors (Lipinski definition) is 1. The molecule has 2 heterocycles. The lowest BCUT2D eigenvalue weighted by molar-refractivity contribution is -0.124. The standard InChI is InChI=1S/C19H16N2O4/c22-17(16-9-4-10-24-16)20-13-6-3-5-12(11-13)18-21-15-8-2-1-7-14(15)19(23)25-18/h1-3,5-8,11,16H,4,9-10H2,(H,20,22)/t16-/m1/s1. The Kier molecular flexibility index (Phi) is 4.03. The molecule has 1 fully saturated rings. The Morgan fingerprint density at radius 1 is 1.16 bits per heavy atom. The van der Waals surface area contributed by atoms with E-state index in [1.807, 2.05) is 6.07 Å². The van der Waals surface area contributed by atoms with E-state index in [0.717, 1.165) is 12.8 Å². The first-order chi connectivity index (χ1) is 12.2. The van der Waals surface area contributed by atoms with Crippen LogP contribution in [0.4, 0.5) is 5.69 Å². The Hall–Kier alpha value is -2.99. The van der Waals surface area contributed by atoms with Crippen LogP contribution in [-0.4, -0.2) is 23.6 Å². The molecule has 1 saturated heterocycles. The molecule has 25 heavy (non-hydrogen) atoms. The third-order valence-corrected chi connectivity index (χ3v) is 4.13. The summed E-state index contributed by atoms with van der Waals surface area (Å²) >= 11 is 0. The highest BCUT2D eigenvalue weighted by molar-refractivity contribution is 5.94. The van der Waals surface area contributed by atoms with Crippen molar-refractivity contribution < 1.29 is 13.9 Å². The third kappa shape index (κ3) is 3.16. The first kappa shape index (κ1) is 15.5. The van der Waals surface area contributed by atoms with Crippen LogP contribution >= 0.6 is 0 Å². The first-order valence-electron chi connectivity index (χ1n) is 8.13. The lowest BCUT2D eigenvalue weighted by atomic mass is 10.1. The van der Waals surface area contributed by atoms with E-state index in [1.54, 1.807) is 42.5 Å². The van der Waals surface area contributed by atoms with Crippen LogP contribution in [-0.2, 0) is 9.53 Å². The van der Waals surface area contributed by atoms with Gasteiger partial charge in [-0.3, -0.25) is 4.79 Å². The summed E-state index contributed by atoms with van der Waals surface area (Å²) in [6.07, 6.45) is 1.22. The van der Waals surface area contributed by atoms with E-state index in [4.69, 9.17) is 9.15 Å². The second-order valence-electron chi connectivity index (χ2n) is 5.90. The summed E-state index contributed by atoms with van der Waals surface area (Å²) in [5.41, 5.74) is 1.36. The maximum Gasteiger partial charge on any atom is 0.347 e. The predicted octanol–water partition coefficient (Wildman–Crippen LogP) is 2.97. The highest BCUT2D eigenvalue weighted by Gasteiger charge is 2.23. The Bertz CT molecular complexity index is 990. The zero-order chi connectivity index (χ0) is 17.2. The minimum absolute atomic E-state index is 0.164. The molecule has 0 aliphatic carbocycles. The molecule has 2 aromatic carbocycles. The summed E-state index contributed by atoms with van der Waals surface area (Å²) in [4.78, 5) is 28.7. The van der Waals surface area contributed by atoms with E-state index >= 15 is 0 Å². The highest BCUT2D eigenvalue weighted by atomic mass is 16.5. The first-order valence-corrected chi connectivity index (χ1v) is 8.13. The van der Waals surface area contributed by atoms with Gasteiger partial charge in [0.25, 0.3) is 5.91 Å². The highest BCUT2D eigenvalue weighted by Crippen LogP contribution is 2.23. The van der Waals surface area contributed by atoms with Crippen molar-refractivity contribution in [3.05, 3.63) is 59.0 Å². The number of hydrogen-bond acceptors (Lipinski definition) is 5. The van der Waals surface area contributed by atoms with E-state index in [0.29, 0.717) is 28.8 Å². The number of benzene rings is 2. The molecule has 1 aliphatic heterocycles. The van der Waals surface area contributed by atoms with E-state index in [2.05, 4.69) is 10.3 Å². The van der Waals surface area contributed by atoms with Crippen LogP contribution in [0.3, 0.4) is 0 Å². The third-order valence-electron chi connectivity index (χ3n) is 4.13. The normalized spacial score (nSPS) is 16.9. The van der Waals surface area contributed by atoms with Crippen molar-refractivity contribution in [1.29, 1.82) is 0 Å². The Labute approximate surface area is 143 Å². The number of nitrogens with one attached hydrogen (secondary N) is 1. The van der Waals surface area contributed by atoms with Crippen molar-refractivity contribution in [1.82, 2.24) is 4.98 Å². The molecule has 1 aliphatic rings. The molecule has 0 saturated carbocycles. The molecule has 0 spiro atoms. The van der Waals surface area contributed by atoms with Gasteiger partial charge in [-0.1, -0.05) is 18.2 Å². The van der Waals surface area contributed by atoms with Crippen LogP contribution in [0.25, 0.3) is 22.4 Å². The van der Waals surface area contributed by atoms with E-state index in [9.17, 15) is 9.59 Å². The molecule has 3 aromatic rings. The fraction of sp³-hybridized carbons (Fsp3) is 0.211. The number of carbonyl (C=O) groups excluding carboxylic acids is 1. The molecular weight excluding hydrogens is 320 g/mol. The van der Waals surface area contributed by atoms with Crippen molar-refractivity contribution >= 4 is 22.5 Å². The molecule has 0 unspecified atom stereocenters. The summed E-state index contributed by atoms with van der Waals surface area (Å²) in [6.45, 7) is 0.615. The maximum absolute atomic E-state index is 12.2. The monoisotopic (exact) mass is 336 g/mol.